The highest BCUT2D eigenvalue weighted by Crippen LogP contribution is 2.23. The van der Waals surface area contributed by atoms with Crippen LogP contribution in [0.3, 0.4) is 0 Å². The smallest absolute Gasteiger partial charge is 0.316 e. The van der Waals surface area contributed by atoms with Crippen LogP contribution in [0.2, 0.25) is 0 Å². The monoisotopic (exact) mass is 385 g/mol. The molecule has 6 nitrogen and oxygen atoms in total. The Morgan fingerprint density at radius 1 is 1.03 bits per heavy atom. The van der Waals surface area contributed by atoms with Crippen LogP contribution in [0.5, 0.6) is 0 Å². The Morgan fingerprint density at radius 3 is 2.72 bits per heavy atom. The van der Waals surface area contributed by atoms with Gasteiger partial charge in [-0.15, -0.1) is 0 Å². The van der Waals surface area contributed by atoms with E-state index in [1.54, 1.807) is 15.4 Å². The van der Waals surface area contributed by atoms with E-state index in [0.29, 0.717) is 6.54 Å². The fraction of sp³-hybridized carbons (Fsp3) is 0.261. The third kappa shape index (κ3) is 3.36. The Balaban J connectivity index is 1.62. The highest BCUT2D eigenvalue weighted by Gasteiger charge is 2.25. The molecule has 3 heterocycles. The van der Waals surface area contributed by atoms with E-state index in [-0.39, 0.29) is 11.6 Å². The van der Waals surface area contributed by atoms with Crippen molar-refractivity contribution in [2.45, 2.75) is 25.3 Å². The Morgan fingerprint density at radius 2 is 1.90 bits per heavy atom. The van der Waals surface area contributed by atoms with Crippen molar-refractivity contribution < 1.29 is 0 Å². The zero-order valence-corrected chi connectivity index (χ0v) is 16.2. The van der Waals surface area contributed by atoms with E-state index in [1.165, 1.54) is 0 Å². The maximum atomic E-state index is 13.4. The molecular formula is C23H23N5O. The van der Waals surface area contributed by atoms with E-state index in [0.717, 1.165) is 53.9 Å². The first-order valence-corrected chi connectivity index (χ1v) is 10.1. The van der Waals surface area contributed by atoms with Gasteiger partial charge < -0.3 is 5.32 Å². The number of nitrogens with one attached hydrogen (secondary N) is 1. The highest BCUT2D eigenvalue weighted by atomic mass is 16.2. The number of benzene rings is 2. The van der Waals surface area contributed by atoms with E-state index in [9.17, 15) is 4.79 Å². The van der Waals surface area contributed by atoms with Gasteiger partial charge in [0, 0.05) is 29.6 Å². The van der Waals surface area contributed by atoms with Gasteiger partial charge in [0.15, 0.2) is 0 Å². The Hall–Kier alpha value is -3.25. The molecule has 1 fully saturated rings. The summed E-state index contributed by atoms with van der Waals surface area (Å²) >= 11 is 0. The molecule has 6 heteroatoms. The van der Waals surface area contributed by atoms with Crippen LogP contribution in [-0.2, 0) is 6.54 Å². The summed E-state index contributed by atoms with van der Waals surface area (Å²) in [5.41, 5.74) is 2.67. The molecule has 0 unspecified atom stereocenters. The molecule has 0 spiro atoms. The minimum Gasteiger partial charge on any atom is -0.316 e. The summed E-state index contributed by atoms with van der Waals surface area (Å²) in [7, 11) is 0. The molecular weight excluding hydrogens is 362 g/mol. The third-order valence-electron chi connectivity index (χ3n) is 5.58. The molecule has 0 amide bonds. The SMILES string of the molecule is O=c1n(Cc2cccc3cccnc23)nc([C@H]2CCCNC2)n1-c1ccccc1. The molecule has 1 aliphatic heterocycles. The number of para-hydroxylation sites is 2. The fourth-order valence-electron chi connectivity index (χ4n) is 4.14. The summed E-state index contributed by atoms with van der Waals surface area (Å²) in [5, 5.41) is 9.32. The summed E-state index contributed by atoms with van der Waals surface area (Å²) in [6.07, 6.45) is 3.91. The predicted octanol–water partition coefficient (Wildman–Crippen LogP) is 3.10. The summed E-state index contributed by atoms with van der Waals surface area (Å²) in [4.78, 5) is 17.9. The average Bonchev–Trinajstić information content (AvgIpc) is 3.11. The molecule has 1 saturated heterocycles. The number of aromatic nitrogens is 4. The molecule has 1 N–H and O–H groups in total. The van der Waals surface area contributed by atoms with Crippen molar-refractivity contribution in [1.82, 2.24) is 24.6 Å². The van der Waals surface area contributed by atoms with Crippen LogP contribution < -0.4 is 11.0 Å². The van der Waals surface area contributed by atoms with Gasteiger partial charge in [-0.05, 0) is 37.6 Å². The van der Waals surface area contributed by atoms with Gasteiger partial charge in [-0.1, -0.05) is 42.5 Å². The lowest BCUT2D eigenvalue weighted by molar-refractivity contribution is 0.439. The number of pyridine rings is 1. The van der Waals surface area contributed by atoms with Crippen molar-refractivity contribution in [3.05, 3.63) is 88.7 Å². The van der Waals surface area contributed by atoms with Crippen LogP contribution in [0, 0.1) is 0 Å². The van der Waals surface area contributed by atoms with Crippen molar-refractivity contribution in [1.29, 1.82) is 0 Å². The van der Waals surface area contributed by atoms with Gasteiger partial charge in [-0.25, -0.2) is 14.0 Å². The first-order valence-electron chi connectivity index (χ1n) is 10.1. The fourth-order valence-corrected chi connectivity index (χ4v) is 4.14. The number of piperidine rings is 1. The summed E-state index contributed by atoms with van der Waals surface area (Å²) in [6, 6.07) is 19.8. The second-order valence-corrected chi connectivity index (χ2v) is 7.50. The largest absolute Gasteiger partial charge is 0.350 e. The average molecular weight is 385 g/mol. The van der Waals surface area contributed by atoms with Crippen molar-refractivity contribution in [3.63, 3.8) is 0 Å². The van der Waals surface area contributed by atoms with E-state index in [4.69, 9.17) is 5.10 Å². The molecule has 4 aromatic rings. The molecule has 0 aliphatic carbocycles. The van der Waals surface area contributed by atoms with Crippen molar-refractivity contribution in [2.75, 3.05) is 13.1 Å². The van der Waals surface area contributed by atoms with E-state index in [2.05, 4.69) is 10.3 Å². The van der Waals surface area contributed by atoms with Crippen LogP contribution in [0.15, 0.2) is 71.7 Å². The minimum absolute atomic E-state index is 0.107. The quantitative estimate of drug-likeness (QED) is 0.586. The summed E-state index contributed by atoms with van der Waals surface area (Å²) in [5.74, 6) is 1.06. The molecule has 146 valence electrons. The van der Waals surface area contributed by atoms with Crippen LogP contribution in [0.4, 0.5) is 0 Å². The van der Waals surface area contributed by atoms with Gasteiger partial charge in [-0.3, -0.25) is 4.98 Å². The molecule has 29 heavy (non-hydrogen) atoms. The first-order chi connectivity index (χ1) is 14.3. The number of rotatable bonds is 4. The Bertz CT molecular complexity index is 1180. The van der Waals surface area contributed by atoms with Gasteiger partial charge in [0.2, 0.25) is 0 Å². The van der Waals surface area contributed by atoms with Crippen LogP contribution in [0.1, 0.15) is 30.1 Å². The first kappa shape index (κ1) is 17.8. The number of hydrogen-bond donors (Lipinski definition) is 1. The van der Waals surface area contributed by atoms with Crippen molar-refractivity contribution >= 4 is 10.9 Å². The highest BCUT2D eigenvalue weighted by molar-refractivity contribution is 5.81. The van der Waals surface area contributed by atoms with Gasteiger partial charge in [0.1, 0.15) is 5.82 Å². The van der Waals surface area contributed by atoms with Crippen LogP contribution >= 0.6 is 0 Å². The molecule has 2 aromatic carbocycles. The normalized spacial score (nSPS) is 16.9. The van der Waals surface area contributed by atoms with E-state index < -0.39 is 0 Å². The zero-order valence-electron chi connectivity index (χ0n) is 16.2. The minimum atomic E-state index is -0.107. The lowest BCUT2D eigenvalue weighted by Gasteiger charge is -2.22. The van der Waals surface area contributed by atoms with Crippen LogP contribution in [-0.4, -0.2) is 32.4 Å². The van der Waals surface area contributed by atoms with Crippen molar-refractivity contribution in [2.24, 2.45) is 0 Å². The maximum Gasteiger partial charge on any atom is 0.350 e. The molecule has 0 saturated carbocycles. The maximum absolute atomic E-state index is 13.4. The molecule has 0 radical (unpaired) electrons. The molecule has 1 aliphatic rings. The van der Waals surface area contributed by atoms with Gasteiger partial charge in [-0.2, -0.15) is 5.10 Å². The van der Waals surface area contributed by atoms with Crippen molar-refractivity contribution in [3.8, 4) is 5.69 Å². The van der Waals surface area contributed by atoms with Gasteiger partial charge >= 0.3 is 5.69 Å². The second-order valence-electron chi connectivity index (χ2n) is 7.50. The van der Waals surface area contributed by atoms with E-state index >= 15 is 0 Å². The Labute approximate surface area is 168 Å². The predicted molar refractivity (Wildman–Crippen MR) is 114 cm³/mol. The topological polar surface area (TPSA) is 64.7 Å². The summed E-state index contributed by atoms with van der Waals surface area (Å²) < 4.78 is 3.36. The lowest BCUT2D eigenvalue weighted by atomic mass is 9.99. The molecule has 0 bridgehead atoms. The third-order valence-corrected chi connectivity index (χ3v) is 5.58. The second kappa shape index (κ2) is 7.64. The zero-order chi connectivity index (χ0) is 19.6. The molecule has 2 aromatic heterocycles. The number of nitrogens with zero attached hydrogens (tertiary/aromatic N) is 4. The van der Waals surface area contributed by atoms with Crippen LogP contribution in [0.25, 0.3) is 16.6 Å². The number of fused-ring (bicyclic) bond motifs is 1. The molecule has 5 rings (SSSR count). The molecule has 1 atom stereocenters. The standard InChI is InChI=1S/C23H23N5O/c29-23-27(16-19-8-4-7-17-9-6-14-25-21(17)19)26-22(18-10-5-13-24-15-18)28(23)20-11-2-1-3-12-20/h1-4,6-9,11-12,14,18,24H,5,10,13,15-16H2/t18-/m0/s1. The van der Waals surface area contributed by atoms with E-state index in [1.807, 2.05) is 60.7 Å². The summed E-state index contributed by atoms with van der Waals surface area (Å²) in [6.45, 7) is 2.27. The Kier molecular flexibility index (Phi) is 4.69. The van der Waals surface area contributed by atoms with Gasteiger partial charge in [0.05, 0.1) is 17.7 Å². The number of hydrogen-bond acceptors (Lipinski definition) is 4. The van der Waals surface area contributed by atoms with Gasteiger partial charge in [0.25, 0.3) is 0 Å². The lowest BCUT2D eigenvalue weighted by Crippen LogP contribution is -2.31.